The molecule has 4 aromatic rings. The summed E-state index contributed by atoms with van der Waals surface area (Å²) >= 11 is 11.8. The van der Waals surface area contributed by atoms with Crippen LogP contribution in [0.1, 0.15) is 73.6 Å². The lowest BCUT2D eigenvalue weighted by atomic mass is 9.90. The number of benzene rings is 4. The Morgan fingerprint density at radius 3 is 0.879 bits per heavy atom. The van der Waals surface area contributed by atoms with Gasteiger partial charge in [0.05, 0.1) is 0 Å². The van der Waals surface area contributed by atoms with Crippen molar-refractivity contribution in [2.45, 2.75) is 75.5 Å². The van der Waals surface area contributed by atoms with Crippen LogP contribution in [0, 0.1) is 0 Å². The lowest BCUT2D eigenvalue weighted by Crippen LogP contribution is -2.52. The van der Waals surface area contributed by atoms with E-state index in [-0.39, 0.29) is 47.8 Å². The van der Waals surface area contributed by atoms with Crippen LogP contribution < -0.4 is 21.3 Å². The van der Waals surface area contributed by atoms with Crippen LogP contribution in [0.4, 0.5) is 0 Å². The molecule has 8 nitrogen and oxygen atoms in total. The van der Waals surface area contributed by atoms with Gasteiger partial charge < -0.3 is 21.3 Å². The predicted molar refractivity (Wildman–Crippen MR) is 237 cm³/mol. The van der Waals surface area contributed by atoms with Gasteiger partial charge in [-0.25, -0.2) is 0 Å². The van der Waals surface area contributed by atoms with Gasteiger partial charge in [-0.2, -0.15) is 0 Å². The van der Waals surface area contributed by atoms with Gasteiger partial charge in [-0.15, -0.1) is 0 Å². The van der Waals surface area contributed by atoms with Crippen molar-refractivity contribution >= 4 is 71.1 Å². The van der Waals surface area contributed by atoms with Crippen molar-refractivity contribution in [2.75, 3.05) is 0 Å². The molecule has 0 aromatic heterocycles. The van der Waals surface area contributed by atoms with Crippen molar-refractivity contribution in [1.29, 1.82) is 0 Å². The Morgan fingerprint density at radius 1 is 0.379 bits per heavy atom. The number of carbonyl (C=O) groups excluding carboxylic acids is 4. The van der Waals surface area contributed by atoms with Gasteiger partial charge in [0.2, 0.25) is 23.6 Å². The molecule has 4 N–H and O–H groups in total. The molecule has 58 heavy (non-hydrogen) atoms. The summed E-state index contributed by atoms with van der Waals surface area (Å²) in [4.78, 5) is 49.3. The minimum absolute atomic E-state index is 0.0456. The maximum absolute atomic E-state index is 12.4. The molecule has 0 spiro atoms. The summed E-state index contributed by atoms with van der Waals surface area (Å²) in [5, 5.41) is 13.5. The number of carbonyl (C=O) groups is 4. The number of rotatable bonds is 12. The Morgan fingerprint density at radius 2 is 0.621 bits per heavy atom. The smallest absolute Gasteiger partial charge is 0.244 e. The number of nitrogens with one attached hydrogen (secondary N) is 4. The lowest BCUT2D eigenvalue weighted by molar-refractivity contribution is -0.120. The fourth-order valence-electron chi connectivity index (χ4n) is 6.84. The van der Waals surface area contributed by atoms with E-state index in [1.807, 2.05) is 84.9 Å². The van der Waals surface area contributed by atoms with Crippen LogP contribution >= 0.6 is 23.2 Å². The molecule has 2 fully saturated rings. The van der Waals surface area contributed by atoms with Crippen LogP contribution in [0.2, 0.25) is 10.0 Å². The highest BCUT2D eigenvalue weighted by atomic mass is 35.5. The third kappa shape index (κ3) is 15.7. The predicted octanol–water partition coefficient (Wildman–Crippen LogP) is 9.22. The van der Waals surface area contributed by atoms with Crippen molar-refractivity contribution < 1.29 is 19.2 Å². The molecule has 0 unspecified atom stereocenters. The van der Waals surface area contributed by atoms with E-state index < -0.39 is 0 Å². The monoisotopic (exact) mass is 816 g/mol. The first-order valence-corrected chi connectivity index (χ1v) is 20.5. The van der Waals surface area contributed by atoms with E-state index >= 15 is 0 Å². The fraction of sp³-hybridized carbons (Fsp3) is 0.250. The van der Waals surface area contributed by atoms with E-state index in [0.717, 1.165) is 73.6 Å². The average molecular weight is 818 g/mol. The molecule has 0 heterocycles. The largest absolute Gasteiger partial charge is 0.348 e. The van der Waals surface area contributed by atoms with E-state index in [1.54, 1.807) is 60.7 Å². The Balaban J connectivity index is 0.000000221. The number of halogens is 2. The normalized spacial score (nSPS) is 19.3. The molecule has 10 heteroatoms. The zero-order valence-electron chi connectivity index (χ0n) is 32.4. The molecule has 0 radical (unpaired) electrons. The molecule has 0 bridgehead atoms. The van der Waals surface area contributed by atoms with Gasteiger partial charge in [0, 0.05) is 58.5 Å². The topological polar surface area (TPSA) is 116 Å². The molecule has 300 valence electrons. The van der Waals surface area contributed by atoms with Gasteiger partial charge in [-0.3, -0.25) is 19.2 Å². The van der Waals surface area contributed by atoms with Gasteiger partial charge in [-0.1, -0.05) is 134 Å². The maximum Gasteiger partial charge on any atom is 0.244 e. The van der Waals surface area contributed by atoms with Crippen molar-refractivity contribution in [3.63, 3.8) is 0 Å². The maximum atomic E-state index is 12.4. The zero-order valence-corrected chi connectivity index (χ0v) is 33.9. The third-order valence-corrected chi connectivity index (χ3v) is 10.4. The minimum Gasteiger partial charge on any atom is -0.348 e. The highest BCUT2D eigenvalue weighted by Gasteiger charge is 2.28. The second kappa shape index (κ2) is 23.5. The van der Waals surface area contributed by atoms with Gasteiger partial charge >= 0.3 is 0 Å². The van der Waals surface area contributed by atoms with Gasteiger partial charge in [0.1, 0.15) is 0 Å². The van der Waals surface area contributed by atoms with Gasteiger partial charge in [0.25, 0.3) is 0 Å². The summed E-state index contributed by atoms with van der Waals surface area (Å²) in [6.45, 7) is 0. The zero-order chi connectivity index (χ0) is 41.0. The summed E-state index contributed by atoms with van der Waals surface area (Å²) in [6.07, 6.45) is 20.8. The SMILES string of the molecule is O=C(/C=C/c1ccc(Cl)cc1)N[C@H]1CCCC[C@@H]1NC(=O)/C=C/c1ccc(Cl)cc1.O=C(/C=C/c1ccccc1)N[C@H]1CCCC[C@@H]1NC(=O)/C=C/c1ccccc1. The molecule has 2 saturated carbocycles. The van der Waals surface area contributed by atoms with Crippen molar-refractivity contribution in [3.05, 3.63) is 166 Å². The molecule has 4 aromatic carbocycles. The Kier molecular flexibility index (Phi) is 17.6. The first kappa shape index (κ1) is 43.4. The Labute approximate surface area is 351 Å². The Bertz CT molecular complexity index is 1900. The van der Waals surface area contributed by atoms with Crippen LogP contribution in [0.15, 0.2) is 133 Å². The van der Waals surface area contributed by atoms with E-state index in [4.69, 9.17) is 23.2 Å². The minimum atomic E-state index is -0.173. The van der Waals surface area contributed by atoms with Crippen LogP contribution in [0.25, 0.3) is 24.3 Å². The van der Waals surface area contributed by atoms with Crippen molar-refractivity contribution in [3.8, 4) is 0 Å². The van der Waals surface area contributed by atoms with Crippen LogP contribution in [0.5, 0.6) is 0 Å². The second-order valence-electron chi connectivity index (χ2n) is 14.3. The molecule has 0 saturated heterocycles. The quantitative estimate of drug-likeness (QED) is 0.107. The molecule has 2 aliphatic rings. The second-order valence-corrected chi connectivity index (χ2v) is 15.2. The third-order valence-electron chi connectivity index (χ3n) is 9.89. The Hall–Kier alpha value is -5.70. The molecule has 2 aliphatic carbocycles. The van der Waals surface area contributed by atoms with Crippen molar-refractivity contribution in [1.82, 2.24) is 21.3 Å². The number of hydrogen-bond acceptors (Lipinski definition) is 4. The first-order chi connectivity index (χ1) is 28.2. The van der Waals surface area contributed by atoms with E-state index in [0.29, 0.717) is 10.0 Å². The lowest BCUT2D eigenvalue weighted by Gasteiger charge is -2.32. The molecule has 6 rings (SSSR count). The fourth-order valence-corrected chi connectivity index (χ4v) is 7.09. The number of hydrogen-bond donors (Lipinski definition) is 4. The van der Waals surface area contributed by atoms with Crippen molar-refractivity contribution in [2.24, 2.45) is 0 Å². The summed E-state index contributed by atoms with van der Waals surface area (Å²) in [6, 6.07) is 33.7. The molecule has 4 atom stereocenters. The average Bonchev–Trinajstić information content (AvgIpc) is 3.24. The molecule has 0 aliphatic heterocycles. The summed E-state index contributed by atoms with van der Waals surface area (Å²) in [7, 11) is 0. The highest BCUT2D eigenvalue weighted by Crippen LogP contribution is 2.20. The summed E-state index contributed by atoms with van der Waals surface area (Å²) < 4.78 is 0. The summed E-state index contributed by atoms with van der Waals surface area (Å²) in [5.41, 5.74) is 3.76. The first-order valence-electron chi connectivity index (χ1n) is 19.8. The van der Waals surface area contributed by atoms with Gasteiger partial charge in [-0.05, 0) is 96.5 Å². The van der Waals surface area contributed by atoms with E-state index in [2.05, 4.69) is 21.3 Å². The molecular formula is C48H50Cl2N4O4. The standard InChI is InChI=1S/C24H24Cl2N2O2.C24H26N2O2/c25-19-11-5-17(6-12-19)9-15-23(29)27-21-3-1-2-4-22(21)28-24(30)16-10-18-7-13-20(26)14-8-18;27-23(17-15-19-9-3-1-4-10-19)25-21-13-7-8-14-22(21)26-24(28)18-16-20-11-5-2-6-12-20/h5-16,21-22H,1-4H2,(H,27,29)(H,28,30);1-6,9-12,15-18,21-22H,7-8,13-14H2,(H,25,27)(H,26,28)/b15-9+,16-10+;17-15+,18-16+/t2*21-,22-/m00/s1. The van der Waals surface area contributed by atoms with Gasteiger partial charge in [0.15, 0.2) is 0 Å². The molecule has 4 amide bonds. The van der Waals surface area contributed by atoms with E-state index in [9.17, 15) is 19.2 Å². The van der Waals surface area contributed by atoms with Crippen LogP contribution in [0.3, 0.4) is 0 Å². The number of amides is 4. The van der Waals surface area contributed by atoms with E-state index in [1.165, 1.54) is 12.2 Å². The molecular weight excluding hydrogens is 767 g/mol. The highest BCUT2D eigenvalue weighted by molar-refractivity contribution is 6.30. The summed E-state index contributed by atoms with van der Waals surface area (Å²) in [5.74, 6) is -0.606. The van der Waals surface area contributed by atoms with Crippen LogP contribution in [-0.4, -0.2) is 47.8 Å². The van der Waals surface area contributed by atoms with Crippen LogP contribution in [-0.2, 0) is 19.2 Å².